The number of nitrogens with two attached hydrogens (primary N) is 1. The van der Waals surface area contributed by atoms with Crippen LogP contribution in [0.3, 0.4) is 0 Å². The van der Waals surface area contributed by atoms with Crippen molar-refractivity contribution in [3.8, 4) is 0 Å². The van der Waals surface area contributed by atoms with Crippen LogP contribution in [0.15, 0.2) is 6.20 Å². The van der Waals surface area contributed by atoms with Gasteiger partial charge in [-0.05, 0) is 33.3 Å². The second-order valence-electron chi connectivity index (χ2n) is 4.08. The zero-order valence-electron chi connectivity index (χ0n) is 8.26. The lowest BCUT2D eigenvalue weighted by Crippen LogP contribution is -2.37. The van der Waals surface area contributed by atoms with Gasteiger partial charge in [0.15, 0.2) is 0 Å². The van der Waals surface area contributed by atoms with Gasteiger partial charge < -0.3 is 5.73 Å². The summed E-state index contributed by atoms with van der Waals surface area (Å²) in [5.74, 6) is 0. The Kier molecular flexibility index (Phi) is 2.24. The first kappa shape index (κ1) is 9.26. The zero-order valence-corrected chi connectivity index (χ0v) is 8.26. The Morgan fingerprint density at radius 1 is 1.50 bits per heavy atom. The summed E-state index contributed by atoms with van der Waals surface area (Å²) in [6.45, 7) is 8.83. The fourth-order valence-corrected chi connectivity index (χ4v) is 1.12. The van der Waals surface area contributed by atoms with Gasteiger partial charge in [-0.25, -0.2) is 0 Å². The third-order valence-corrected chi connectivity index (χ3v) is 1.76. The molecule has 0 fully saturated rings. The average Bonchev–Trinajstić information content (AvgIpc) is 2.07. The summed E-state index contributed by atoms with van der Waals surface area (Å²) in [4.78, 5) is 0. The van der Waals surface area contributed by atoms with Crippen LogP contribution in [0.25, 0.3) is 0 Å². The van der Waals surface area contributed by atoms with Gasteiger partial charge in [0.25, 0.3) is 0 Å². The number of hydrogen-bond acceptors (Lipinski definition) is 2. The van der Waals surface area contributed by atoms with Gasteiger partial charge in [-0.15, -0.1) is 0 Å². The summed E-state index contributed by atoms with van der Waals surface area (Å²) >= 11 is 0. The van der Waals surface area contributed by atoms with Crippen molar-refractivity contribution in [1.82, 2.24) is 9.78 Å². The highest BCUT2D eigenvalue weighted by Crippen LogP contribution is 2.06. The minimum atomic E-state index is -0.190. The topological polar surface area (TPSA) is 43.8 Å². The Labute approximate surface area is 73.6 Å². The van der Waals surface area contributed by atoms with Gasteiger partial charge >= 0.3 is 0 Å². The number of nitrogens with zero attached hydrogens (tertiary/aromatic N) is 2. The Morgan fingerprint density at radius 2 is 2.08 bits per heavy atom. The van der Waals surface area contributed by atoms with Crippen molar-refractivity contribution in [2.24, 2.45) is 5.73 Å². The van der Waals surface area contributed by atoms with Gasteiger partial charge in [-0.1, -0.05) is 0 Å². The summed E-state index contributed by atoms with van der Waals surface area (Å²) in [7, 11) is 0. The quantitative estimate of drug-likeness (QED) is 0.720. The summed E-state index contributed by atoms with van der Waals surface area (Å²) < 4.78 is 1.91. The lowest BCUT2D eigenvalue weighted by molar-refractivity contribution is 0.407. The highest BCUT2D eigenvalue weighted by molar-refractivity contribution is 5.12. The number of rotatable bonds is 2. The summed E-state index contributed by atoms with van der Waals surface area (Å²) in [5, 5.41) is 4.33. The van der Waals surface area contributed by atoms with Gasteiger partial charge in [0.2, 0.25) is 0 Å². The van der Waals surface area contributed by atoms with Crippen molar-refractivity contribution in [2.45, 2.75) is 39.8 Å². The van der Waals surface area contributed by atoms with E-state index in [4.69, 9.17) is 5.73 Å². The van der Waals surface area contributed by atoms with E-state index in [-0.39, 0.29) is 5.54 Å². The molecule has 0 aliphatic carbocycles. The van der Waals surface area contributed by atoms with Gasteiger partial charge in [-0.2, -0.15) is 5.10 Å². The lowest BCUT2D eigenvalue weighted by atomic mass is 10.1. The van der Waals surface area contributed by atoms with E-state index in [0.717, 1.165) is 12.2 Å². The maximum atomic E-state index is 5.87. The second-order valence-corrected chi connectivity index (χ2v) is 4.08. The van der Waals surface area contributed by atoms with Gasteiger partial charge in [0.1, 0.15) is 0 Å². The Morgan fingerprint density at radius 3 is 2.42 bits per heavy atom. The standard InChI is InChI=1S/C9H17N3/c1-7-5-12(11-8(7)2)6-9(3,4)10/h5H,6,10H2,1-4H3. The van der Waals surface area contributed by atoms with E-state index < -0.39 is 0 Å². The van der Waals surface area contributed by atoms with Crippen molar-refractivity contribution >= 4 is 0 Å². The Bertz CT molecular complexity index is 248. The van der Waals surface area contributed by atoms with Crippen molar-refractivity contribution in [3.05, 3.63) is 17.5 Å². The number of aromatic nitrogens is 2. The molecular weight excluding hydrogens is 150 g/mol. The molecule has 1 aromatic rings. The molecule has 1 heterocycles. The molecule has 0 aromatic carbocycles. The molecule has 0 aliphatic heterocycles. The second kappa shape index (κ2) is 2.90. The van der Waals surface area contributed by atoms with Crippen LogP contribution in [0.4, 0.5) is 0 Å². The predicted molar refractivity (Wildman–Crippen MR) is 50.0 cm³/mol. The highest BCUT2D eigenvalue weighted by Gasteiger charge is 2.12. The maximum Gasteiger partial charge on any atom is 0.0622 e. The van der Waals surface area contributed by atoms with E-state index in [1.807, 2.05) is 31.6 Å². The van der Waals surface area contributed by atoms with Gasteiger partial charge in [0, 0.05) is 11.7 Å². The molecule has 0 saturated carbocycles. The molecule has 1 rings (SSSR count). The molecular formula is C9H17N3. The van der Waals surface area contributed by atoms with Crippen molar-refractivity contribution in [1.29, 1.82) is 0 Å². The molecule has 3 nitrogen and oxygen atoms in total. The maximum absolute atomic E-state index is 5.87. The van der Waals surface area contributed by atoms with E-state index >= 15 is 0 Å². The molecule has 68 valence electrons. The first-order valence-electron chi connectivity index (χ1n) is 4.18. The molecule has 1 aromatic heterocycles. The van der Waals surface area contributed by atoms with Gasteiger partial charge in [0.05, 0.1) is 12.2 Å². The minimum absolute atomic E-state index is 0.190. The van der Waals surface area contributed by atoms with Crippen LogP contribution < -0.4 is 5.73 Å². The molecule has 0 bridgehead atoms. The molecule has 12 heavy (non-hydrogen) atoms. The average molecular weight is 167 g/mol. The number of hydrogen-bond donors (Lipinski definition) is 1. The van der Waals surface area contributed by atoms with E-state index in [9.17, 15) is 0 Å². The van der Waals surface area contributed by atoms with Gasteiger partial charge in [-0.3, -0.25) is 4.68 Å². The summed E-state index contributed by atoms with van der Waals surface area (Å²) in [6, 6.07) is 0. The molecule has 2 N–H and O–H groups in total. The molecule has 0 unspecified atom stereocenters. The van der Waals surface area contributed by atoms with Crippen molar-refractivity contribution in [3.63, 3.8) is 0 Å². The van der Waals surface area contributed by atoms with Crippen LogP contribution in [0.1, 0.15) is 25.1 Å². The molecule has 0 spiro atoms. The monoisotopic (exact) mass is 167 g/mol. The fraction of sp³-hybridized carbons (Fsp3) is 0.667. The van der Waals surface area contributed by atoms with E-state index in [0.29, 0.717) is 0 Å². The van der Waals surface area contributed by atoms with E-state index in [1.165, 1.54) is 5.56 Å². The van der Waals surface area contributed by atoms with E-state index in [2.05, 4.69) is 12.0 Å². The highest BCUT2D eigenvalue weighted by atomic mass is 15.3. The molecule has 0 aliphatic rings. The third kappa shape index (κ3) is 2.34. The normalized spacial score (nSPS) is 12.1. The SMILES string of the molecule is Cc1cn(CC(C)(C)N)nc1C. The van der Waals surface area contributed by atoms with Crippen LogP contribution in [0.5, 0.6) is 0 Å². The van der Waals surface area contributed by atoms with Crippen LogP contribution in [-0.4, -0.2) is 15.3 Å². The van der Waals surface area contributed by atoms with Crippen LogP contribution in [0.2, 0.25) is 0 Å². The molecule has 0 saturated heterocycles. The smallest absolute Gasteiger partial charge is 0.0622 e. The first-order valence-corrected chi connectivity index (χ1v) is 4.18. The largest absolute Gasteiger partial charge is 0.324 e. The van der Waals surface area contributed by atoms with E-state index in [1.54, 1.807) is 0 Å². The summed E-state index contributed by atoms with van der Waals surface area (Å²) in [5.41, 5.74) is 7.98. The fourth-order valence-electron chi connectivity index (χ4n) is 1.12. The Balaban J connectivity index is 2.77. The van der Waals surface area contributed by atoms with Crippen LogP contribution in [0, 0.1) is 13.8 Å². The lowest BCUT2D eigenvalue weighted by Gasteiger charge is -2.17. The van der Waals surface area contributed by atoms with Crippen LogP contribution >= 0.6 is 0 Å². The molecule has 0 amide bonds. The molecule has 3 heteroatoms. The zero-order chi connectivity index (χ0) is 9.35. The third-order valence-electron chi connectivity index (χ3n) is 1.76. The molecule has 0 radical (unpaired) electrons. The summed E-state index contributed by atoms with van der Waals surface area (Å²) in [6.07, 6.45) is 2.03. The van der Waals surface area contributed by atoms with Crippen molar-refractivity contribution < 1.29 is 0 Å². The van der Waals surface area contributed by atoms with Crippen molar-refractivity contribution in [2.75, 3.05) is 0 Å². The number of aryl methyl sites for hydroxylation is 2. The molecule has 0 atom stereocenters. The van der Waals surface area contributed by atoms with Crippen LogP contribution in [-0.2, 0) is 6.54 Å². The Hall–Kier alpha value is -0.830. The minimum Gasteiger partial charge on any atom is -0.324 e. The first-order chi connectivity index (χ1) is 5.38. The predicted octanol–water partition coefficient (Wildman–Crippen LogP) is 1.24.